The molecule has 7 heteroatoms. The third kappa shape index (κ3) is 2.65. The minimum Gasteiger partial charge on any atom is -0.380 e. The molecule has 0 unspecified atom stereocenters. The van der Waals surface area contributed by atoms with Crippen molar-refractivity contribution in [2.24, 2.45) is 5.92 Å². The Labute approximate surface area is 124 Å². The van der Waals surface area contributed by atoms with Crippen molar-refractivity contribution in [3.8, 4) is 0 Å². The number of likely N-dealkylation sites (N-methyl/N-ethyl adjacent to an activating group) is 1. The maximum atomic E-state index is 12.6. The van der Waals surface area contributed by atoms with Crippen LogP contribution in [0.2, 0.25) is 0 Å². The number of hydrogen-bond donors (Lipinski definition) is 0. The number of fused-ring (bicyclic) bond motifs is 1. The molecule has 2 aliphatic heterocycles. The van der Waals surface area contributed by atoms with E-state index in [-0.39, 0.29) is 6.04 Å². The number of hydrogen-bond acceptors (Lipinski definition) is 5. The summed E-state index contributed by atoms with van der Waals surface area (Å²) in [6.07, 6.45) is 0.875. The van der Waals surface area contributed by atoms with Gasteiger partial charge in [-0.2, -0.15) is 4.31 Å². The monoisotopic (exact) mass is 316 g/mol. The van der Waals surface area contributed by atoms with Gasteiger partial charge in [-0.3, -0.25) is 4.90 Å². The minimum atomic E-state index is -3.32. The van der Waals surface area contributed by atoms with E-state index >= 15 is 0 Å². The number of piperidine rings is 1. The topological polar surface area (TPSA) is 49.9 Å². The molecule has 0 N–H and O–H groups in total. The Balaban J connectivity index is 1.80. The third-order valence-corrected chi connectivity index (χ3v) is 7.50. The van der Waals surface area contributed by atoms with Crippen molar-refractivity contribution in [3.63, 3.8) is 0 Å². The fourth-order valence-electron chi connectivity index (χ4n) is 3.01. The van der Waals surface area contributed by atoms with Crippen LogP contribution < -0.4 is 0 Å². The predicted molar refractivity (Wildman–Crippen MR) is 78.4 cm³/mol. The van der Waals surface area contributed by atoms with Crippen LogP contribution in [-0.4, -0.2) is 63.6 Å². The van der Waals surface area contributed by atoms with Crippen LogP contribution >= 0.6 is 11.3 Å². The standard InChI is InChI=1S/C13H20N2O3S2/c1-14-6-7-18-10-11-4-5-15(9-12(11)14)20(16,17)13-3-2-8-19-13/h2-3,8,11-12H,4-7,9-10H2,1H3/t11-,12-/m1/s1. The molecule has 2 fully saturated rings. The molecular formula is C13H20N2O3S2. The van der Waals surface area contributed by atoms with Gasteiger partial charge in [-0.15, -0.1) is 11.3 Å². The lowest BCUT2D eigenvalue weighted by atomic mass is 9.93. The molecule has 2 saturated heterocycles. The highest BCUT2D eigenvalue weighted by Gasteiger charge is 2.38. The molecule has 112 valence electrons. The smallest absolute Gasteiger partial charge is 0.252 e. The van der Waals surface area contributed by atoms with Gasteiger partial charge >= 0.3 is 0 Å². The van der Waals surface area contributed by atoms with Crippen molar-refractivity contribution in [1.29, 1.82) is 0 Å². The van der Waals surface area contributed by atoms with E-state index in [0.29, 0.717) is 23.2 Å². The molecule has 0 amide bonds. The van der Waals surface area contributed by atoms with E-state index in [2.05, 4.69) is 11.9 Å². The number of rotatable bonds is 2. The molecule has 2 atom stereocenters. The van der Waals surface area contributed by atoms with E-state index in [9.17, 15) is 8.42 Å². The van der Waals surface area contributed by atoms with Gasteiger partial charge in [-0.05, 0) is 24.9 Å². The van der Waals surface area contributed by atoms with Crippen LogP contribution in [0.1, 0.15) is 6.42 Å². The number of sulfonamides is 1. The summed E-state index contributed by atoms with van der Waals surface area (Å²) in [7, 11) is -1.26. The summed E-state index contributed by atoms with van der Waals surface area (Å²) in [5.41, 5.74) is 0. The predicted octanol–water partition coefficient (Wildman–Crippen LogP) is 1.09. The second-order valence-corrected chi connectivity index (χ2v) is 8.58. The highest BCUT2D eigenvalue weighted by Crippen LogP contribution is 2.29. The first kappa shape index (κ1) is 14.5. The summed E-state index contributed by atoms with van der Waals surface area (Å²) in [5.74, 6) is 0.442. The Hall–Kier alpha value is -0.470. The molecule has 0 spiro atoms. The van der Waals surface area contributed by atoms with E-state index < -0.39 is 10.0 Å². The molecule has 0 aromatic carbocycles. The normalized spacial score (nSPS) is 29.9. The lowest BCUT2D eigenvalue weighted by Gasteiger charge is -2.40. The highest BCUT2D eigenvalue weighted by molar-refractivity contribution is 7.91. The van der Waals surface area contributed by atoms with Crippen LogP contribution in [0.25, 0.3) is 0 Å². The summed E-state index contributed by atoms with van der Waals surface area (Å²) >= 11 is 1.29. The highest BCUT2D eigenvalue weighted by atomic mass is 32.2. The van der Waals surface area contributed by atoms with Crippen LogP contribution in [-0.2, 0) is 14.8 Å². The fraction of sp³-hybridized carbons (Fsp3) is 0.692. The van der Waals surface area contributed by atoms with Gasteiger partial charge in [-0.25, -0.2) is 8.42 Å². The first-order valence-electron chi connectivity index (χ1n) is 6.90. The van der Waals surface area contributed by atoms with Crippen LogP contribution in [0.4, 0.5) is 0 Å². The molecule has 0 saturated carbocycles. The van der Waals surface area contributed by atoms with Gasteiger partial charge in [0, 0.05) is 31.6 Å². The van der Waals surface area contributed by atoms with E-state index in [4.69, 9.17) is 4.74 Å². The number of nitrogens with zero attached hydrogens (tertiary/aromatic N) is 2. The molecule has 3 rings (SSSR count). The van der Waals surface area contributed by atoms with Crippen LogP contribution in [0, 0.1) is 5.92 Å². The molecule has 2 aliphatic rings. The zero-order valence-corrected chi connectivity index (χ0v) is 13.2. The van der Waals surface area contributed by atoms with Crippen molar-refractivity contribution in [3.05, 3.63) is 17.5 Å². The second-order valence-electron chi connectivity index (χ2n) is 5.47. The van der Waals surface area contributed by atoms with Crippen molar-refractivity contribution in [2.45, 2.75) is 16.7 Å². The first-order valence-corrected chi connectivity index (χ1v) is 9.22. The zero-order chi connectivity index (χ0) is 14.2. The van der Waals surface area contributed by atoms with Crippen LogP contribution in [0.5, 0.6) is 0 Å². The molecule has 0 bridgehead atoms. The van der Waals surface area contributed by atoms with Crippen molar-refractivity contribution < 1.29 is 13.2 Å². The number of thiophene rings is 1. The molecule has 0 aliphatic carbocycles. The van der Waals surface area contributed by atoms with E-state index in [1.165, 1.54) is 11.3 Å². The van der Waals surface area contributed by atoms with Crippen LogP contribution in [0.15, 0.2) is 21.7 Å². The zero-order valence-electron chi connectivity index (χ0n) is 11.6. The number of ether oxygens (including phenoxy) is 1. The van der Waals surface area contributed by atoms with Crippen LogP contribution in [0.3, 0.4) is 0 Å². The van der Waals surface area contributed by atoms with E-state index in [0.717, 1.165) is 26.2 Å². The van der Waals surface area contributed by atoms with Gasteiger partial charge in [0.2, 0.25) is 0 Å². The fourth-order valence-corrected chi connectivity index (χ4v) is 5.63. The quantitative estimate of drug-likeness (QED) is 0.819. The SMILES string of the molecule is CN1CCOC[C@H]2CCN(S(=O)(=O)c3cccs3)C[C@H]21. The lowest BCUT2D eigenvalue weighted by molar-refractivity contribution is 0.0860. The van der Waals surface area contributed by atoms with Gasteiger partial charge in [0.1, 0.15) is 4.21 Å². The molecule has 0 radical (unpaired) electrons. The Morgan fingerprint density at radius 2 is 2.25 bits per heavy atom. The summed E-state index contributed by atoms with van der Waals surface area (Å²) in [6, 6.07) is 3.74. The Morgan fingerprint density at radius 3 is 3.00 bits per heavy atom. The summed E-state index contributed by atoms with van der Waals surface area (Å²) in [4.78, 5) is 2.24. The van der Waals surface area contributed by atoms with Crippen molar-refractivity contribution in [1.82, 2.24) is 9.21 Å². The van der Waals surface area contributed by atoms with E-state index in [1.54, 1.807) is 16.4 Å². The second kappa shape index (κ2) is 5.73. The maximum absolute atomic E-state index is 12.6. The largest absolute Gasteiger partial charge is 0.380 e. The molecule has 1 aromatic rings. The molecular weight excluding hydrogens is 296 g/mol. The van der Waals surface area contributed by atoms with Gasteiger partial charge < -0.3 is 4.74 Å². The Bertz CT molecular complexity index is 544. The first-order chi connectivity index (χ1) is 9.59. The third-order valence-electron chi connectivity index (χ3n) is 4.26. The molecule has 1 aromatic heterocycles. The molecule has 20 heavy (non-hydrogen) atoms. The summed E-state index contributed by atoms with van der Waals surface area (Å²) < 4.78 is 32.9. The molecule has 5 nitrogen and oxygen atoms in total. The maximum Gasteiger partial charge on any atom is 0.252 e. The Kier molecular flexibility index (Phi) is 4.14. The molecule has 3 heterocycles. The average Bonchev–Trinajstić information content (AvgIpc) is 2.92. The van der Waals surface area contributed by atoms with Gasteiger partial charge in [0.15, 0.2) is 0 Å². The minimum absolute atomic E-state index is 0.265. The van der Waals surface area contributed by atoms with Crippen molar-refractivity contribution >= 4 is 21.4 Å². The average molecular weight is 316 g/mol. The van der Waals surface area contributed by atoms with Gasteiger partial charge in [-0.1, -0.05) is 6.07 Å². The van der Waals surface area contributed by atoms with Gasteiger partial charge in [0.25, 0.3) is 10.0 Å². The summed E-state index contributed by atoms with van der Waals surface area (Å²) in [5, 5.41) is 1.81. The van der Waals surface area contributed by atoms with Crippen molar-refractivity contribution in [2.75, 3.05) is 39.9 Å². The Morgan fingerprint density at radius 1 is 1.40 bits per heavy atom. The van der Waals surface area contributed by atoms with E-state index in [1.807, 2.05) is 5.38 Å². The van der Waals surface area contributed by atoms with Gasteiger partial charge in [0.05, 0.1) is 13.2 Å². The summed E-state index contributed by atoms with van der Waals surface area (Å²) in [6.45, 7) is 3.53. The lowest BCUT2D eigenvalue weighted by Crippen LogP contribution is -2.53.